The summed E-state index contributed by atoms with van der Waals surface area (Å²) in [7, 11) is 0. The number of nitrogens with one attached hydrogen (secondary N) is 1. The van der Waals surface area contributed by atoms with E-state index in [2.05, 4.69) is 5.32 Å². The number of benzene rings is 2. The minimum absolute atomic E-state index is 0.207. The van der Waals surface area contributed by atoms with Gasteiger partial charge < -0.3 is 26.0 Å². The Morgan fingerprint density at radius 2 is 1.74 bits per heavy atom. The third-order valence-electron chi connectivity index (χ3n) is 4.96. The number of aliphatic hydroxyl groups is 1. The summed E-state index contributed by atoms with van der Waals surface area (Å²) in [5.74, 6) is -0.770. The number of aromatic hydroxyl groups is 2. The minimum Gasteiger partial charge on any atom is -0.504 e. The lowest BCUT2D eigenvalue weighted by atomic mass is 10.1. The number of halogens is 3. The first-order valence-corrected chi connectivity index (χ1v) is 10.1. The van der Waals surface area contributed by atoms with Crippen LogP contribution in [0.15, 0.2) is 42.5 Å². The van der Waals surface area contributed by atoms with E-state index >= 15 is 0 Å². The van der Waals surface area contributed by atoms with Crippen molar-refractivity contribution in [3.63, 3.8) is 0 Å². The van der Waals surface area contributed by atoms with Crippen molar-refractivity contribution in [2.24, 2.45) is 0 Å². The van der Waals surface area contributed by atoms with Gasteiger partial charge in [-0.3, -0.25) is 4.79 Å². The molecule has 0 aromatic heterocycles. The highest BCUT2D eigenvalue weighted by Crippen LogP contribution is 2.30. The Hall–Kier alpha value is -2.78. The first-order valence-electron chi connectivity index (χ1n) is 10.1. The zero-order valence-electron chi connectivity index (χ0n) is 17.2. The number of amides is 1. The van der Waals surface area contributed by atoms with E-state index in [9.17, 15) is 33.3 Å². The van der Waals surface area contributed by atoms with Crippen molar-refractivity contribution in [1.29, 1.82) is 0 Å². The molecule has 2 aromatic rings. The number of carbonyl (C=O) groups is 1. The number of unbranched alkanes of at least 4 members (excludes halogenated alkanes) is 1. The summed E-state index contributed by atoms with van der Waals surface area (Å²) in [5.41, 5.74) is 0.0794. The van der Waals surface area contributed by atoms with E-state index in [4.69, 9.17) is 0 Å². The van der Waals surface area contributed by atoms with Crippen molar-refractivity contribution in [2.45, 2.75) is 50.9 Å². The van der Waals surface area contributed by atoms with Crippen molar-refractivity contribution in [1.82, 2.24) is 0 Å². The molecule has 0 heterocycles. The molecule has 0 aliphatic carbocycles. The standard InChI is InChI=1S/C22H27F3N2O4/c1-14(26-13-20(30)15-6-11-18(28)19(29)12-15)4-2-3-5-21(31)27-17-9-7-16(8-10-17)22(23,24)25/h6-12,14,20,26,28-30H,2-5,13H2,1H3,(H,27,31)/p+1. The summed E-state index contributed by atoms with van der Waals surface area (Å²) in [6.45, 7) is 2.39. The van der Waals surface area contributed by atoms with Crippen molar-refractivity contribution < 1.29 is 38.6 Å². The molecule has 2 rings (SSSR count). The van der Waals surface area contributed by atoms with E-state index in [0.29, 0.717) is 24.2 Å². The van der Waals surface area contributed by atoms with Crippen LogP contribution < -0.4 is 10.6 Å². The van der Waals surface area contributed by atoms with Gasteiger partial charge in [0, 0.05) is 12.1 Å². The van der Waals surface area contributed by atoms with Crippen LogP contribution in [0.5, 0.6) is 11.5 Å². The summed E-state index contributed by atoms with van der Waals surface area (Å²) in [5, 5.41) is 33.6. The third-order valence-corrected chi connectivity index (χ3v) is 4.96. The maximum atomic E-state index is 12.5. The molecule has 0 radical (unpaired) electrons. The van der Waals surface area contributed by atoms with Gasteiger partial charge in [0.15, 0.2) is 11.5 Å². The average Bonchev–Trinajstić information content (AvgIpc) is 2.71. The van der Waals surface area contributed by atoms with Gasteiger partial charge in [-0.15, -0.1) is 0 Å². The third kappa shape index (κ3) is 8.10. The number of hydrogen-bond acceptors (Lipinski definition) is 4. The second-order valence-corrected chi connectivity index (χ2v) is 7.58. The highest BCUT2D eigenvalue weighted by atomic mass is 19.4. The SMILES string of the molecule is CC(CCCCC(=O)Nc1ccc(C(F)(F)F)cc1)[NH2+]CC(O)c1ccc(O)c(O)c1. The second kappa shape index (κ2) is 11.0. The average molecular weight is 441 g/mol. The number of nitrogens with two attached hydrogens (primary N) is 1. The van der Waals surface area contributed by atoms with Crippen molar-refractivity contribution in [3.05, 3.63) is 53.6 Å². The Labute approximate surface area is 178 Å². The molecule has 1 amide bonds. The predicted molar refractivity (Wildman–Crippen MR) is 110 cm³/mol. The van der Waals surface area contributed by atoms with E-state index in [1.807, 2.05) is 12.2 Å². The Balaban J connectivity index is 1.64. The van der Waals surface area contributed by atoms with E-state index in [1.54, 1.807) is 6.07 Å². The first-order chi connectivity index (χ1) is 14.6. The van der Waals surface area contributed by atoms with Crippen LogP contribution in [0.3, 0.4) is 0 Å². The zero-order valence-corrected chi connectivity index (χ0v) is 17.2. The van der Waals surface area contributed by atoms with Gasteiger partial charge in [-0.05, 0) is 68.1 Å². The van der Waals surface area contributed by atoms with E-state index in [0.717, 1.165) is 25.0 Å². The number of rotatable bonds is 10. The molecule has 0 saturated carbocycles. The maximum absolute atomic E-state index is 12.5. The molecule has 170 valence electrons. The molecular formula is C22H28F3N2O4+. The van der Waals surface area contributed by atoms with Crippen LogP contribution in [0.2, 0.25) is 0 Å². The fourth-order valence-corrected chi connectivity index (χ4v) is 3.08. The lowest BCUT2D eigenvalue weighted by Crippen LogP contribution is -2.90. The quantitative estimate of drug-likeness (QED) is 0.288. The van der Waals surface area contributed by atoms with Gasteiger partial charge in [-0.1, -0.05) is 6.07 Å². The Kier molecular flexibility index (Phi) is 8.70. The largest absolute Gasteiger partial charge is 0.504 e. The first kappa shape index (κ1) is 24.5. The van der Waals surface area contributed by atoms with Gasteiger partial charge in [0.05, 0.1) is 11.6 Å². The fraction of sp³-hybridized carbons (Fsp3) is 0.409. The molecule has 31 heavy (non-hydrogen) atoms. The highest BCUT2D eigenvalue weighted by Gasteiger charge is 2.30. The zero-order chi connectivity index (χ0) is 23.0. The van der Waals surface area contributed by atoms with Crippen LogP contribution in [0.4, 0.5) is 18.9 Å². The Morgan fingerprint density at radius 3 is 2.35 bits per heavy atom. The molecule has 9 heteroatoms. The van der Waals surface area contributed by atoms with Crippen LogP contribution in [0.1, 0.15) is 49.8 Å². The smallest absolute Gasteiger partial charge is 0.416 e. The number of phenols is 2. The van der Waals surface area contributed by atoms with Gasteiger partial charge >= 0.3 is 6.18 Å². The second-order valence-electron chi connectivity index (χ2n) is 7.58. The lowest BCUT2D eigenvalue weighted by molar-refractivity contribution is -0.693. The molecule has 0 fully saturated rings. The number of alkyl halides is 3. The monoisotopic (exact) mass is 441 g/mol. The lowest BCUT2D eigenvalue weighted by Gasteiger charge is -2.15. The molecule has 0 spiro atoms. The molecule has 0 aliphatic heterocycles. The topological polar surface area (TPSA) is 106 Å². The minimum atomic E-state index is -4.40. The number of hydrogen-bond donors (Lipinski definition) is 5. The molecular weight excluding hydrogens is 413 g/mol. The molecule has 0 saturated heterocycles. The summed E-state index contributed by atoms with van der Waals surface area (Å²) in [6, 6.07) is 8.74. The van der Waals surface area contributed by atoms with Gasteiger partial charge in [-0.25, -0.2) is 0 Å². The summed E-state index contributed by atoms with van der Waals surface area (Å²) < 4.78 is 37.6. The van der Waals surface area contributed by atoms with E-state index in [-0.39, 0.29) is 29.9 Å². The number of quaternary nitrogens is 1. The molecule has 2 atom stereocenters. The van der Waals surface area contributed by atoms with Crippen LogP contribution in [-0.2, 0) is 11.0 Å². The number of phenolic OH excluding ortho intramolecular Hbond substituents is 2. The Morgan fingerprint density at radius 1 is 1.06 bits per heavy atom. The molecule has 2 aromatic carbocycles. The normalized spacial score (nSPS) is 13.6. The van der Waals surface area contributed by atoms with Crippen molar-refractivity contribution >= 4 is 11.6 Å². The number of carbonyl (C=O) groups excluding carboxylic acids is 1. The number of aliphatic hydroxyl groups excluding tert-OH is 1. The maximum Gasteiger partial charge on any atom is 0.416 e. The van der Waals surface area contributed by atoms with Gasteiger partial charge in [0.1, 0.15) is 12.6 Å². The van der Waals surface area contributed by atoms with E-state index in [1.165, 1.54) is 24.3 Å². The summed E-state index contributed by atoms with van der Waals surface area (Å²) >= 11 is 0. The molecule has 0 aliphatic rings. The van der Waals surface area contributed by atoms with Crippen LogP contribution in [0.25, 0.3) is 0 Å². The highest BCUT2D eigenvalue weighted by molar-refractivity contribution is 5.90. The van der Waals surface area contributed by atoms with Gasteiger partial charge in [0.25, 0.3) is 0 Å². The molecule has 6 nitrogen and oxygen atoms in total. The van der Waals surface area contributed by atoms with Crippen LogP contribution >= 0.6 is 0 Å². The van der Waals surface area contributed by atoms with E-state index < -0.39 is 17.8 Å². The number of anilines is 1. The summed E-state index contributed by atoms with van der Waals surface area (Å²) in [4.78, 5) is 11.9. The van der Waals surface area contributed by atoms with Crippen molar-refractivity contribution in [2.75, 3.05) is 11.9 Å². The molecule has 6 N–H and O–H groups in total. The van der Waals surface area contributed by atoms with Crippen molar-refractivity contribution in [3.8, 4) is 11.5 Å². The summed E-state index contributed by atoms with van der Waals surface area (Å²) in [6.07, 6.45) is -2.68. The van der Waals surface area contributed by atoms with Crippen LogP contribution in [0, 0.1) is 0 Å². The molecule has 0 bridgehead atoms. The molecule has 2 unspecified atom stereocenters. The predicted octanol–water partition coefficient (Wildman–Crippen LogP) is 3.30. The van der Waals surface area contributed by atoms with Crippen LogP contribution in [-0.4, -0.2) is 33.8 Å². The van der Waals surface area contributed by atoms with Gasteiger partial charge in [0.2, 0.25) is 5.91 Å². The Bertz CT molecular complexity index is 857. The fourth-order valence-electron chi connectivity index (χ4n) is 3.08. The van der Waals surface area contributed by atoms with Gasteiger partial charge in [-0.2, -0.15) is 13.2 Å².